The van der Waals surface area contributed by atoms with E-state index in [0.29, 0.717) is 23.8 Å². The van der Waals surface area contributed by atoms with Gasteiger partial charge in [-0.3, -0.25) is 4.79 Å². The van der Waals surface area contributed by atoms with Gasteiger partial charge in [-0.1, -0.05) is 43.0 Å². The Morgan fingerprint density at radius 1 is 1.05 bits per heavy atom. The van der Waals surface area contributed by atoms with Gasteiger partial charge in [-0.15, -0.1) is 0 Å². The number of anilines is 1. The summed E-state index contributed by atoms with van der Waals surface area (Å²) in [4.78, 5) is 11.9. The molecule has 1 N–H and O–H groups in total. The number of rotatable bonds is 7. The number of carbonyl (C=O) groups excluding carboxylic acids is 1. The van der Waals surface area contributed by atoms with Crippen LogP contribution < -0.4 is 14.8 Å². The first kappa shape index (κ1) is 14.7. The zero-order valence-electron chi connectivity index (χ0n) is 11.6. The standard InChI is InChI=1S/C17H17NO3/c1-2-12-20-16-11-7-6-10-15(16)18-17(19)13-21-14-8-4-3-5-9-14/h2-11H,1,12-13H2,(H,18,19). The maximum Gasteiger partial charge on any atom is 0.262 e. The molecule has 4 heteroatoms. The van der Waals surface area contributed by atoms with E-state index in [1.807, 2.05) is 30.3 Å². The number of para-hydroxylation sites is 3. The van der Waals surface area contributed by atoms with Crippen LogP contribution in [-0.4, -0.2) is 19.1 Å². The third kappa shape index (κ3) is 4.69. The lowest BCUT2D eigenvalue weighted by Crippen LogP contribution is -2.20. The van der Waals surface area contributed by atoms with Gasteiger partial charge >= 0.3 is 0 Å². The van der Waals surface area contributed by atoms with Crippen LogP contribution in [0.3, 0.4) is 0 Å². The van der Waals surface area contributed by atoms with Gasteiger partial charge in [-0.25, -0.2) is 0 Å². The predicted octanol–water partition coefficient (Wildman–Crippen LogP) is 3.27. The van der Waals surface area contributed by atoms with E-state index >= 15 is 0 Å². The Labute approximate surface area is 124 Å². The molecule has 0 aliphatic rings. The molecule has 0 heterocycles. The van der Waals surface area contributed by atoms with Crippen LogP contribution in [0.1, 0.15) is 0 Å². The molecule has 0 spiro atoms. The van der Waals surface area contributed by atoms with E-state index in [1.165, 1.54) is 0 Å². The molecule has 0 fully saturated rings. The molecule has 2 aromatic carbocycles. The number of hydrogen-bond acceptors (Lipinski definition) is 3. The summed E-state index contributed by atoms with van der Waals surface area (Å²) in [6.45, 7) is 3.92. The Kier molecular flexibility index (Phi) is 5.41. The van der Waals surface area contributed by atoms with E-state index < -0.39 is 0 Å². The van der Waals surface area contributed by atoms with E-state index in [9.17, 15) is 4.79 Å². The number of nitrogens with one attached hydrogen (secondary N) is 1. The number of hydrogen-bond donors (Lipinski definition) is 1. The van der Waals surface area contributed by atoms with Crippen molar-refractivity contribution in [2.75, 3.05) is 18.5 Å². The topological polar surface area (TPSA) is 47.6 Å². The number of carbonyl (C=O) groups is 1. The van der Waals surface area contributed by atoms with Crippen LogP contribution in [0.5, 0.6) is 11.5 Å². The minimum atomic E-state index is -0.242. The van der Waals surface area contributed by atoms with Crippen molar-refractivity contribution in [3.8, 4) is 11.5 Å². The Bertz CT molecular complexity index is 596. The van der Waals surface area contributed by atoms with Crippen molar-refractivity contribution < 1.29 is 14.3 Å². The summed E-state index contributed by atoms with van der Waals surface area (Å²) < 4.78 is 10.9. The van der Waals surface area contributed by atoms with Crippen LogP contribution in [0.4, 0.5) is 5.69 Å². The van der Waals surface area contributed by atoms with Gasteiger partial charge in [0.2, 0.25) is 0 Å². The zero-order chi connectivity index (χ0) is 14.9. The Balaban J connectivity index is 1.91. The highest BCUT2D eigenvalue weighted by atomic mass is 16.5. The second-order valence-corrected chi connectivity index (χ2v) is 4.25. The van der Waals surface area contributed by atoms with E-state index in [1.54, 1.807) is 30.3 Å². The maximum absolute atomic E-state index is 11.9. The first-order valence-electron chi connectivity index (χ1n) is 6.60. The summed E-state index contributed by atoms with van der Waals surface area (Å²) in [6.07, 6.45) is 1.65. The first-order chi connectivity index (χ1) is 10.3. The lowest BCUT2D eigenvalue weighted by Gasteiger charge is -2.11. The molecule has 2 aromatic rings. The molecule has 108 valence electrons. The molecular formula is C17H17NO3. The van der Waals surface area contributed by atoms with Gasteiger partial charge in [0.05, 0.1) is 5.69 Å². The summed E-state index contributed by atoms with van der Waals surface area (Å²) in [6, 6.07) is 16.4. The number of benzene rings is 2. The molecule has 0 saturated heterocycles. The van der Waals surface area contributed by atoms with Crippen LogP contribution in [0, 0.1) is 0 Å². The number of amides is 1. The Morgan fingerprint density at radius 3 is 2.52 bits per heavy atom. The van der Waals surface area contributed by atoms with Gasteiger partial charge in [0.15, 0.2) is 6.61 Å². The fraction of sp³-hybridized carbons (Fsp3) is 0.118. The molecule has 0 aromatic heterocycles. The third-order valence-corrected chi connectivity index (χ3v) is 2.63. The van der Waals surface area contributed by atoms with E-state index in [4.69, 9.17) is 9.47 Å². The van der Waals surface area contributed by atoms with Crippen LogP contribution >= 0.6 is 0 Å². The fourth-order valence-corrected chi connectivity index (χ4v) is 1.70. The predicted molar refractivity (Wildman–Crippen MR) is 82.7 cm³/mol. The molecule has 0 saturated carbocycles. The summed E-state index contributed by atoms with van der Waals surface area (Å²) in [5, 5.41) is 2.77. The average Bonchev–Trinajstić information content (AvgIpc) is 2.53. The van der Waals surface area contributed by atoms with Crippen LogP contribution in [0.2, 0.25) is 0 Å². The molecule has 0 bridgehead atoms. The summed E-state index contributed by atoms with van der Waals surface area (Å²) in [7, 11) is 0. The molecule has 0 atom stereocenters. The van der Waals surface area contributed by atoms with E-state index in [0.717, 1.165) is 0 Å². The third-order valence-electron chi connectivity index (χ3n) is 2.63. The molecule has 0 radical (unpaired) electrons. The highest BCUT2D eigenvalue weighted by Gasteiger charge is 2.07. The van der Waals surface area contributed by atoms with E-state index in [2.05, 4.69) is 11.9 Å². The summed E-state index contributed by atoms with van der Waals surface area (Å²) >= 11 is 0. The lowest BCUT2D eigenvalue weighted by molar-refractivity contribution is -0.118. The van der Waals surface area contributed by atoms with E-state index in [-0.39, 0.29) is 12.5 Å². The van der Waals surface area contributed by atoms with Crippen molar-refractivity contribution in [1.29, 1.82) is 0 Å². The minimum absolute atomic E-state index is 0.0557. The maximum atomic E-state index is 11.9. The van der Waals surface area contributed by atoms with Crippen molar-refractivity contribution in [3.63, 3.8) is 0 Å². The largest absolute Gasteiger partial charge is 0.487 e. The zero-order valence-corrected chi connectivity index (χ0v) is 11.6. The SMILES string of the molecule is C=CCOc1ccccc1NC(=O)COc1ccccc1. The van der Waals surface area contributed by atoms with Crippen LogP contribution in [-0.2, 0) is 4.79 Å². The monoisotopic (exact) mass is 283 g/mol. The molecule has 0 aliphatic heterocycles. The fourth-order valence-electron chi connectivity index (χ4n) is 1.70. The van der Waals surface area contributed by atoms with Gasteiger partial charge in [0.25, 0.3) is 5.91 Å². The molecule has 0 unspecified atom stereocenters. The molecule has 2 rings (SSSR count). The van der Waals surface area contributed by atoms with Crippen LogP contribution in [0.15, 0.2) is 67.3 Å². The minimum Gasteiger partial charge on any atom is -0.487 e. The molecule has 21 heavy (non-hydrogen) atoms. The van der Waals surface area contributed by atoms with Crippen LogP contribution in [0.25, 0.3) is 0 Å². The number of ether oxygens (including phenoxy) is 2. The molecule has 4 nitrogen and oxygen atoms in total. The van der Waals surface area contributed by atoms with Crippen molar-refractivity contribution in [3.05, 3.63) is 67.3 Å². The Morgan fingerprint density at radius 2 is 1.76 bits per heavy atom. The summed E-state index contributed by atoms with van der Waals surface area (Å²) in [5.74, 6) is 1.02. The van der Waals surface area contributed by atoms with Gasteiger partial charge in [0.1, 0.15) is 18.1 Å². The van der Waals surface area contributed by atoms with Crippen molar-refractivity contribution in [1.82, 2.24) is 0 Å². The second-order valence-electron chi connectivity index (χ2n) is 4.25. The molecule has 0 aliphatic carbocycles. The quantitative estimate of drug-likeness (QED) is 0.793. The van der Waals surface area contributed by atoms with Gasteiger partial charge < -0.3 is 14.8 Å². The highest BCUT2D eigenvalue weighted by molar-refractivity contribution is 5.93. The smallest absolute Gasteiger partial charge is 0.262 e. The average molecular weight is 283 g/mol. The van der Waals surface area contributed by atoms with Crippen molar-refractivity contribution in [2.45, 2.75) is 0 Å². The second kappa shape index (κ2) is 7.75. The molecular weight excluding hydrogens is 266 g/mol. The molecule has 1 amide bonds. The Hall–Kier alpha value is -2.75. The highest BCUT2D eigenvalue weighted by Crippen LogP contribution is 2.23. The van der Waals surface area contributed by atoms with Gasteiger partial charge in [-0.2, -0.15) is 0 Å². The normalized spacial score (nSPS) is 9.71. The van der Waals surface area contributed by atoms with Crippen molar-refractivity contribution >= 4 is 11.6 Å². The lowest BCUT2D eigenvalue weighted by atomic mass is 10.3. The first-order valence-corrected chi connectivity index (χ1v) is 6.60. The van der Waals surface area contributed by atoms with Crippen molar-refractivity contribution in [2.24, 2.45) is 0 Å². The summed E-state index contributed by atoms with van der Waals surface area (Å²) in [5.41, 5.74) is 0.612. The van der Waals surface area contributed by atoms with Gasteiger partial charge in [-0.05, 0) is 24.3 Å². The van der Waals surface area contributed by atoms with Gasteiger partial charge in [0, 0.05) is 0 Å².